The smallest absolute Gasteiger partial charge is 0.244 e. The van der Waals surface area contributed by atoms with E-state index in [2.05, 4.69) is 10.2 Å². The Bertz CT molecular complexity index is 864. The molecule has 1 N–H and O–H groups in total. The van der Waals surface area contributed by atoms with Gasteiger partial charge in [-0.15, -0.1) is 0 Å². The molecule has 7 heteroatoms. The summed E-state index contributed by atoms with van der Waals surface area (Å²) in [5.41, 5.74) is 2.33. The number of morpholine rings is 1. The summed E-state index contributed by atoms with van der Waals surface area (Å²) in [4.78, 5) is 29.0. The maximum atomic E-state index is 12.8. The molecule has 0 saturated carbocycles. The van der Waals surface area contributed by atoms with Crippen LogP contribution in [-0.2, 0) is 14.3 Å². The Hall–Kier alpha value is -3.06. The molecule has 7 nitrogen and oxygen atoms in total. The van der Waals surface area contributed by atoms with Gasteiger partial charge in [-0.2, -0.15) is 0 Å². The molecule has 2 aromatic rings. The van der Waals surface area contributed by atoms with Crippen molar-refractivity contribution >= 4 is 28.9 Å². The number of nitrogens with one attached hydrogen (secondary N) is 1. The van der Waals surface area contributed by atoms with Crippen molar-refractivity contribution in [3.63, 3.8) is 0 Å². The molecule has 0 bridgehead atoms. The molecule has 0 unspecified atom stereocenters. The minimum absolute atomic E-state index is 0.0589. The number of carbonyl (C=O) groups is 2. The second-order valence-electron chi connectivity index (χ2n) is 6.71. The van der Waals surface area contributed by atoms with Gasteiger partial charge in [0, 0.05) is 13.1 Å². The highest BCUT2D eigenvalue weighted by Crippen LogP contribution is 2.31. The van der Waals surface area contributed by atoms with Gasteiger partial charge < -0.3 is 19.7 Å². The average molecular weight is 381 g/mol. The van der Waals surface area contributed by atoms with E-state index < -0.39 is 0 Å². The highest BCUT2D eigenvalue weighted by Gasteiger charge is 2.25. The quantitative estimate of drug-likeness (QED) is 0.880. The van der Waals surface area contributed by atoms with E-state index >= 15 is 0 Å². The molecular formula is C21H23N3O4. The fourth-order valence-corrected chi connectivity index (χ4v) is 3.49. The molecule has 2 aliphatic rings. The van der Waals surface area contributed by atoms with Crippen molar-refractivity contribution in [1.29, 1.82) is 0 Å². The van der Waals surface area contributed by atoms with Crippen LogP contribution in [0.3, 0.4) is 0 Å². The van der Waals surface area contributed by atoms with E-state index in [1.54, 1.807) is 6.07 Å². The predicted molar refractivity (Wildman–Crippen MR) is 107 cm³/mol. The molecular weight excluding hydrogens is 358 g/mol. The number of amides is 2. The summed E-state index contributed by atoms with van der Waals surface area (Å²) in [6.45, 7) is 3.15. The van der Waals surface area contributed by atoms with Crippen molar-refractivity contribution in [2.45, 2.75) is 6.42 Å². The molecule has 2 aliphatic heterocycles. The Morgan fingerprint density at radius 2 is 1.68 bits per heavy atom. The minimum atomic E-state index is -0.245. The Labute approximate surface area is 163 Å². The maximum Gasteiger partial charge on any atom is 0.244 e. The number of ether oxygens (including phenoxy) is 2. The molecule has 1 saturated heterocycles. The van der Waals surface area contributed by atoms with Crippen LogP contribution >= 0.6 is 0 Å². The van der Waals surface area contributed by atoms with Crippen molar-refractivity contribution in [2.75, 3.05) is 54.6 Å². The van der Waals surface area contributed by atoms with Gasteiger partial charge in [0.15, 0.2) is 0 Å². The van der Waals surface area contributed by atoms with E-state index in [0.717, 1.165) is 24.5 Å². The molecule has 4 rings (SSSR count). The van der Waals surface area contributed by atoms with Crippen LogP contribution in [0.2, 0.25) is 0 Å². The van der Waals surface area contributed by atoms with E-state index in [-0.39, 0.29) is 24.8 Å². The van der Waals surface area contributed by atoms with Gasteiger partial charge in [-0.3, -0.25) is 14.5 Å². The number of rotatable bonds is 4. The lowest BCUT2D eigenvalue weighted by atomic mass is 10.2. The largest absolute Gasteiger partial charge is 0.491 e. The maximum absolute atomic E-state index is 12.8. The van der Waals surface area contributed by atoms with Crippen LogP contribution in [0.1, 0.15) is 6.42 Å². The van der Waals surface area contributed by atoms with Crippen LogP contribution < -0.4 is 19.9 Å². The van der Waals surface area contributed by atoms with Crippen LogP contribution in [0.15, 0.2) is 48.5 Å². The number of hydrogen-bond donors (Lipinski definition) is 1. The van der Waals surface area contributed by atoms with E-state index in [0.29, 0.717) is 31.3 Å². The lowest BCUT2D eigenvalue weighted by Crippen LogP contribution is -2.39. The standard InChI is InChI=1S/C21H23N3O4/c25-20(15-24-18-7-3-4-8-19(18)28-12-9-21(24)26)22-16-5-1-2-6-17(16)23-10-13-27-14-11-23/h1-8H,9-15H2,(H,22,25). The van der Waals surface area contributed by atoms with Gasteiger partial charge in [-0.1, -0.05) is 24.3 Å². The van der Waals surface area contributed by atoms with Crippen molar-refractivity contribution in [2.24, 2.45) is 0 Å². The SMILES string of the molecule is O=C(CN1C(=O)CCOc2ccccc21)Nc1ccccc1N1CCOCC1. The summed E-state index contributed by atoms with van der Waals surface area (Å²) in [7, 11) is 0. The van der Waals surface area contributed by atoms with Crippen LogP contribution in [0.4, 0.5) is 17.1 Å². The number of benzene rings is 2. The Morgan fingerprint density at radius 3 is 2.50 bits per heavy atom. The Kier molecular flexibility index (Phi) is 5.43. The third-order valence-corrected chi connectivity index (χ3v) is 4.86. The van der Waals surface area contributed by atoms with Crippen LogP contribution in [0.25, 0.3) is 0 Å². The van der Waals surface area contributed by atoms with Gasteiger partial charge in [0.1, 0.15) is 12.3 Å². The average Bonchev–Trinajstić information content (AvgIpc) is 2.88. The molecule has 0 spiro atoms. The summed E-state index contributed by atoms with van der Waals surface area (Å²) >= 11 is 0. The topological polar surface area (TPSA) is 71.1 Å². The number of hydrogen-bond acceptors (Lipinski definition) is 5. The molecule has 2 amide bonds. The van der Waals surface area contributed by atoms with Gasteiger partial charge in [0.05, 0.1) is 43.3 Å². The summed E-state index contributed by atoms with van der Waals surface area (Å²) in [6, 6.07) is 15.0. The van der Waals surface area contributed by atoms with Crippen molar-refractivity contribution in [3.05, 3.63) is 48.5 Å². The van der Waals surface area contributed by atoms with Crippen LogP contribution in [0, 0.1) is 0 Å². The summed E-state index contributed by atoms with van der Waals surface area (Å²) in [6.07, 6.45) is 0.242. The number of nitrogens with zero attached hydrogens (tertiary/aromatic N) is 2. The third-order valence-electron chi connectivity index (χ3n) is 4.86. The number of fused-ring (bicyclic) bond motifs is 1. The zero-order valence-corrected chi connectivity index (χ0v) is 15.6. The fraction of sp³-hybridized carbons (Fsp3) is 0.333. The first kappa shape index (κ1) is 18.3. The molecule has 28 heavy (non-hydrogen) atoms. The van der Waals surface area contributed by atoms with Crippen molar-refractivity contribution in [3.8, 4) is 5.75 Å². The second kappa shape index (κ2) is 8.31. The summed E-state index contributed by atoms with van der Waals surface area (Å²) in [5, 5.41) is 2.97. The monoisotopic (exact) mass is 381 g/mol. The van der Waals surface area contributed by atoms with E-state index in [9.17, 15) is 9.59 Å². The van der Waals surface area contributed by atoms with Crippen LogP contribution in [-0.4, -0.2) is 51.3 Å². The van der Waals surface area contributed by atoms with E-state index in [1.165, 1.54) is 4.90 Å². The first-order valence-electron chi connectivity index (χ1n) is 9.46. The van der Waals surface area contributed by atoms with E-state index in [1.807, 2.05) is 42.5 Å². The fourth-order valence-electron chi connectivity index (χ4n) is 3.49. The van der Waals surface area contributed by atoms with Gasteiger partial charge in [0.2, 0.25) is 11.8 Å². The zero-order valence-electron chi connectivity index (χ0n) is 15.6. The third kappa shape index (κ3) is 3.94. The second-order valence-corrected chi connectivity index (χ2v) is 6.71. The minimum Gasteiger partial charge on any atom is -0.491 e. The molecule has 2 aromatic carbocycles. The summed E-state index contributed by atoms with van der Waals surface area (Å²) < 4.78 is 11.0. The molecule has 0 atom stereocenters. The Morgan fingerprint density at radius 1 is 0.964 bits per heavy atom. The lowest BCUT2D eigenvalue weighted by Gasteiger charge is -2.30. The molecule has 0 aromatic heterocycles. The molecule has 1 fully saturated rings. The van der Waals surface area contributed by atoms with Gasteiger partial charge in [0.25, 0.3) is 0 Å². The molecule has 2 heterocycles. The lowest BCUT2D eigenvalue weighted by molar-refractivity contribution is -0.121. The first-order valence-corrected chi connectivity index (χ1v) is 9.46. The number of carbonyl (C=O) groups excluding carboxylic acids is 2. The van der Waals surface area contributed by atoms with E-state index in [4.69, 9.17) is 9.47 Å². The first-order chi connectivity index (χ1) is 13.7. The van der Waals surface area contributed by atoms with Gasteiger partial charge >= 0.3 is 0 Å². The number of para-hydroxylation sites is 4. The number of anilines is 3. The van der Waals surface area contributed by atoms with Crippen molar-refractivity contribution in [1.82, 2.24) is 0 Å². The highest BCUT2D eigenvalue weighted by molar-refractivity contribution is 6.04. The van der Waals surface area contributed by atoms with Crippen molar-refractivity contribution < 1.29 is 19.1 Å². The molecule has 0 aliphatic carbocycles. The van der Waals surface area contributed by atoms with Crippen LogP contribution in [0.5, 0.6) is 5.75 Å². The molecule has 146 valence electrons. The summed E-state index contributed by atoms with van der Waals surface area (Å²) in [5.74, 6) is 0.252. The zero-order chi connectivity index (χ0) is 19.3. The van der Waals surface area contributed by atoms with Gasteiger partial charge in [-0.05, 0) is 24.3 Å². The van der Waals surface area contributed by atoms with Gasteiger partial charge in [-0.25, -0.2) is 0 Å². The normalized spacial score (nSPS) is 16.8. The Balaban J connectivity index is 1.51. The molecule has 0 radical (unpaired) electrons. The highest BCUT2D eigenvalue weighted by atomic mass is 16.5. The predicted octanol–water partition coefficient (Wildman–Crippen LogP) is 2.28.